The predicted octanol–water partition coefficient (Wildman–Crippen LogP) is -4.34. The summed E-state index contributed by atoms with van der Waals surface area (Å²) in [6, 6.07) is 0. The fourth-order valence-corrected chi connectivity index (χ4v) is 1.65. The molecule has 0 aromatic heterocycles. The van der Waals surface area contributed by atoms with Crippen LogP contribution in [-0.4, -0.2) is 209 Å². The first-order valence-electron chi connectivity index (χ1n) is 6.39. The van der Waals surface area contributed by atoms with Crippen molar-refractivity contribution in [1.82, 2.24) is 0 Å². The summed E-state index contributed by atoms with van der Waals surface area (Å²) in [7, 11) is 0. The molecule has 2 aliphatic rings. The van der Waals surface area contributed by atoms with Gasteiger partial charge in [0.25, 0.3) is 0 Å². The van der Waals surface area contributed by atoms with Crippen molar-refractivity contribution in [3.8, 4) is 0 Å². The summed E-state index contributed by atoms with van der Waals surface area (Å²) in [5, 5.41) is 70.1. The third-order valence-corrected chi connectivity index (χ3v) is 2.95. The van der Waals surface area contributed by atoms with E-state index in [1.54, 1.807) is 0 Å². The van der Waals surface area contributed by atoms with Crippen molar-refractivity contribution in [2.24, 2.45) is 0 Å². The minimum Gasteiger partial charge on any atom is -0.505 e. The molecule has 2 heterocycles. The molecular weight excluding hydrogens is 428 g/mol. The summed E-state index contributed by atoms with van der Waals surface area (Å²) in [5.41, 5.74) is 0. The Hall–Kier alpha value is 1.46. The Kier molecular flexibility index (Phi) is 22.4. The molecule has 140 valence electrons. The number of hydrogen-bond donors (Lipinski definition) is 8. The van der Waals surface area contributed by atoms with Gasteiger partial charge in [-0.15, -0.1) is 0 Å². The first-order valence-corrected chi connectivity index (χ1v) is 6.39. The molecule has 28 heavy (non-hydrogen) atoms. The minimum atomic E-state index is -1.42. The average molecular weight is 444 g/mol. The van der Waals surface area contributed by atoms with Crippen molar-refractivity contribution >= 4 is 130 Å². The van der Waals surface area contributed by atoms with Crippen LogP contribution in [0.2, 0.25) is 0 Å². The van der Waals surface area contributed by atoms with Gasteiger partial charge < -0.3 is 50.3 Å². The van der Waals surface area contributed by atoms with Gasteiger partial charge in [-0.1, -0.05) is 0 Å². The smallest absolute Gasteiger partial charge is 0.377 e. The van der Waals surface area contributed by atoms with Crippen molar-refractivity contribution in [2.75, 3.05) is 13.2 Å². The first-order chi connectivity index (χ1) is 11.1. The van der Waals surface area contributed by atoms with E-state index in [9.17, 15) is 9.59 Å². The van der Waals surface area contributed by atoms with Gasteiger partial charge in [0.05, 0.1) is 13.2 Å². The number of carbonyl (C=O) groups is 2. The molecule has 0 aliphatic carbocycles. The summed E-state index contributed by atoms with van der Waals surface area (Å²) < 4.78 is 8.63. The zero-order valence-corrected chi connectivity index (χ0v) is 23.9. The van der Waals surface area contributed by atoms with E-state index in [-0.39, 0.29) is 118 Å². The van der Waals surface area contributed by atoms with Gasteiger partial charge in [-0.2, -0.15) is 0 Å². The molecule has 4 atom stereocenters. The van der Waals surface area contributed by atoms with Crippen molar-refractivity contribution in [1.29, 1.82) is 0 Å². The summed E-state index contributed by atoms with van der Waals surface area (Å²) in [6.07, 6.45) is -5.55. The van der Waals surface area contributed by atoms with E-state index in [0.717, 1.165) is 0 Å². The van der Waals surface area contributed by atoms with Crippen LogP contribution >= 0.6 is 0 Å². The Bertz CT molecular complexity index is 531. The fourth-order valence-electron chi connectivity index (χ4n) is 1.65. The maximum absolute atomic E-state index is 10.5. The average Bonchev–Trinajstić information content (AvgIpc) is 2.98. The normalized spacial score (nSPS) is 22.1. The van der Waals surface area contributed by atoms with Gasteiger partial charge in [0, 0.05) is 118 Å². The van der Waals surface area contributed by atoms with Gasteiger partial charge in [-0.05, 0) is 0 Å². The second kappa shape index (κ2) is 17.1. The van der Waals surface area contributed by atoms with Crippen molar-refractivity contribution < 1.29 is 59.9 Å². The standard InChI is InChI=1S/2C6H8O6.4Na/c2*7-1-2(8)5-3(9)4(10)6(11)12-5;;;;/h2*2,5,7-10H,1H2;;;;/t2*2-,5+;;;;/m00..../s1. The van der Waals surface area contributed by atoms with Crippen molar-refractivity contribution in [3.63, 3.8) is 0 Å². The van der Waals surface area contributed by atoms with Crippen LogP contribution < -0.4 is 0 Å². The van der Waals surface area contributed by atoms with Crippen molar-refractivity contribution in [2.45, 2.75) is 24.4 Å². The van der Waals surface area contributed by atoms with Gasteiger partial charge in [0.15, 0.2) is 23.7 Å². The monoisotopic (exact) mass is 444 g/mol. The summed E-state index contributed by atoms with van der Waals surface area (Å²) in [4.78, 5) is 21.1. The number of aliphatic hydroxyl groups excluding tert-OH is 8. The Morgan fingerprint density at radius 2 is 0.929 bits per heavy atom. The molecule has 0 fully saturated rings. The molecule has 2 rings (SSSR count). The number of cyclic esters (lactones) is 2. The maximum Gasteiger partial charge on any atom is 0.377 e. The third-order valence-electron chi connectivity index (χ3n) is 2.95. The maximum atomic E-state index is 10.5. The summed E-state index contributed by atoms with van der Waals surface area (Å²) in [6.45, 7) is -1.34. The van der Waals surface area contributed by atoms with Gasteiger partial charge in [0.1, 0.15) is 12.2 Å². The summed E-state index contributed by atoms with van der Waals surface area (Å²) in [5.74, 6) is -5.56. The second-order valence-corrected chi connectivity index (χ2v) is 4.62. The minimum absolute atomic E-state index is 0. The van der Waals surface area contributed by atoms with Gasteiger partial charge >= 0.3 is 11.9 Å². The van der Waals surface area contributed by atoms with Crippen LogP contribution in [0.15, 0.2) is 23.0 Å². The van der Waals surface area contributed by atoms with E-state index < -0.39 is 72.6 Å². The fraction of sp³-hybridized carbons (Fsp3) is 0.500. The molecule has 4 radical (unpaired) electrons. The molecule has 8 N–H and O–H groups in total. The van der Waals surface area contributed by atoms with E-state index >= 15 is 0 Å². The molecule has 0 saturated carbocycles. The van der Waals surface area contributed by atoms with E-state index in [0.29, 0.717) is 0 Å². The molecule has 12 nitrogen and oxygen atoms in total. The van der Waals surface area contributed by atoms with E-state index in [1.165, 1.54) is 0 Å². The van der Waals surface area contributed by atoms with E-state index in [2.05, 4.69) is 9.47 Å². The SMILES string of the molecule is O=C1O[C@H]([C@@H](O)CO)C(O)=C1O.O=C1O[C@H]([C@@H](O)CO)C(O)=C1O.[Na].[Na].[Na].[Na]. The molecule has 0 amide bonds. The molecule has 0 bridgehead atoms. The molecule has 0 aromatic rings. The number of ether oxygens (including phenoxy) is 2. The van der Waals surface area contributed by atoms with Crippen LogP contribution in [0, 0.1) is 0 Å². The quantitative estimate of drug-likeness (QED) is 0.153. The Morgan fingerprint density at radius 3 is 1.07 bits per heavy atom. The molecule has 0 unspecified atom stereocenters. The van der Waals surface area contributed by atoms with Gasteiger partial charge in [-0.3, -0.25) is 0 Å². The van der Waals surface area contributed by atoms with Crippen LogP contribution in [0.3, 0.4) is 0 Å². The van der Waals surface area contributed by atoms with Crippen LogP contribution in [0.1, 0.15) is 0 Å². The molecule has 0 aromatic carbocycles. The van der Waals surface area contributed by atoms with Crippen molar-refractivity contribution in [3.05, 3.63) is 23.0 Å². The topological polar surface area (TPSA) is 214 Å². The summed E-state index contributed by atoms with van der Waals surface area (Å²) >= 11 is 0. The number of esters is 2. The van der Waals surface area contributed by atoms with E-state index in [1.807, 2.05) is 0 Å². The molecule has 16 heteroatoms. The second-order valence-electron chi connectivity index (χ2n) is 4.62. The third kappa shape index (κ3) is 9.30. The van der Waals surface area contributed by atoms with Crippen LogP contribution in [0.25, 0.3) is 0 Å². The zero-order chi connectivity index (χ0) is 18.6. The Balaban J connectivity index is -0.000000180. The molecular formula is C12H16Na4O12. The Labute approximate surface area is 247 Å². The van der Waals surface area contributed by atoms with E-state index in [4.69, 9.17) is 40.9 Å². The molecule has 0 saturated heterocycles. The molecule has 0 spiro atoms. The number of carbonyl (C=O) groups excluding carboxylic acids is 2. The molecule has 2 aliphatic heterocycles. The number of hydrogen-bond acceptors (Lipinski definition) is 12. The number of rotatable bonds is 4. The largest absolute Gasteiger partial charge is 0.505 e. The van der Waals surface area contributed by atoms with Crippen LogP contribution in [-0.2, 0) is 19.1 Å². The first kappa shape index (κ1) is 36.8. The number of aliphatic hydroxyl groups is 8. The Morgan fingerprint density at radius 1 is 0.679 bits per heavy atom. The van der Waals surface area contributed by atoms with Gasteiger partial charge in [-0.25, -0.2) is 9.59 Å². The van der Waals surface area contributed by atoms with Crippen LogP contribution in [0.4, 0.5) is 0 Å². The zero-order valence-electron chi connectivity index (χ0n) is 15.9. The predicted molar refractivity (Wildman–Crippen MR) is 93.5 cm³/mol. The van der Waals surface area contributed by atoms with Crippen LogP contribution in [0.5, 0.6) is 0 Å². The van der Waals surface area contributed by atoms with Gasteiger partial charge in [0.2, 0.25) is 11.5 Å².